The Morgan fingerprint density at radius 2 is 1.92 bits per heavy atom. The molecule has 2 heterocycles. The second-order valence-electron chi connectivity index (χ2n) is 6.28. The Bertz CT molecular complexity index is 518. The Hall–Kier alpha value is -1.14. The standard InChI is InChI=1S/C18H27N3O2.ClH/c1-2-15-3-5-16(6-4-15)17-13-19-7-8-21(17)14-18(22)20-9-11-23-12-10-20;/h3-6,17,19H,2,7-14H2,1H3;1H. The van der Waals surface area contributed by atoms with Crippen molar-refractivity contribution in [2.24, 2.45) is 0 Å². The number of benzene rings is 1. The molecule has 2 fully saturated rings. The van der Waals surface area contributed by atoms with Crippen LogP contribution in [0.1, 0.15) is 24.1 Å². The Kier molecular flexibility index (Phi) is 7.49. The number of nitrogens with one attached hydrogen (secondary N) is 1. The number of rotatable bonds is 4. The third-order valence-electron chi connectivity index (χ3n) is 4.83. The summed E-state index contributed by atoms with van der Waals surface area (Å²) in [4.78, 5) is 16.8. The van der Waals surface area contributed by atoms with Gasteiger partial charge in [-0.25, -0.2) is 0 Å². The molecule has 2 aliphatic heterocycles. The van der Waals surface area contributed by atoms with Crippen molar-refractivity contribution >= 4 is 18.3 Å². The first-order chi connectivity index (χ1) is 11.3. The lowest BCUT2D eigenvalue weighted by atomic mass is 10.0. The zero-order valence-electron chi connectivity index (χ0n) is 14.4. The second kappa shape index (κ2) is 9.37. The Balaban J connectivity index is 0.00000208. The quantitative estimate of drug-likeness (QED) is 0.890. The van der Waals surface area contributed by atoms with Gasteiger partial charge in [-0.3, -0.25) is 9.69 Å². The van der Waals surface area contributed by atoms with Crippen LogP contribution in [-0.4, -0.2) is 68.2 Å². The molecular weight excluding hydrogens is 326 g/mol. The predicted octanol–water partition coefficient (Wildman–Crippen LogP) is 1.48. The van der Waals surface area contributed by atoms with E-state index in [-0.39, 0.29) is 24.4 Å². The van der Waals surface area contributed by atoms with Crippen LogP contribution in [0.25, 0.3) is 0 Å². The molecule has 0 bridgehead atoms. The van der Waals surface area contributed by atoms with Gasteiger partial charge in [0.2, 0.25) is 5.91 Å². The molecule has 1 unspecified atom stereocenters. The third kappa shape index (κ3) is 4.70. The highest BCUT2D eigenvalue weighted by atomic mass is 35.5. The van der Waals surface area contributed by atoms with Gasteiger partial charge in [0.05, 0.1) is 19.8 Å². The van der Waals surface area contributed by atoms with Crippen LogP contribution < -0.4 is 5.32 Å². The lowest BCUT2D eigenvalue weighted by molar-refractivity contribution is -0.137. The molecule has 0 radical (unpaired) electrons. The van der Waals surface area contributed by atoms with Crippen LogP contribution >= 0.6 is 12.4 Å². The van der Waals surface area contributed by atoms with Gasteiger partial charge in [0.25, 0.3) is 0 Å². The molecule has 2 saturated heterocycles. The summed E-state index contributed by atoms with van der Waals surface area (Å²) in [6, 6.07) is 9.10. The molecule has 1 atom stereocenters. The number of carbonyl (C=O) groups excluding carboxylic acids is 1. The van der Waals surface area contributed by atoms with Gasteiger partial charge in [0.1, 0.15) is 0 Å². The lowest BCUT2D eigenvalue weighted by Crippen LogP contribution is -2.51. The van der Waals surface area contributed by atoms with Crippen molar-refractivity contribution in [3.8, 4) is 0 Å². The Morgan fingerprint density at radius 1 is 1.21 bits per heavy atom. The van der Waals surface area contributed by atoms with Crippen molar-refractivity contribution in [1.82, 2.24) is 15.1 Å². The molecule has 134 valence electrons. The molecule has 0 aliphatic carbocycles. The summed E-state index contributed by atoms with van der Waals surface area (Å²) >= 11 is 0. The number of hydrogen-bond donors (Lipinski definition) is 1. The molecule has 1 amide bonds. The van der Waals surface area contributed by atoms with E-state index in [2.05, 4.69) is 41.4 Å². The van der Waals surface area contributed by atoms with Gasteiger partial charge in [-0.05, 0) is 17.5 Å². The Labute approximate surface area is 150 Å². The third-order valence-corrected chi connectivity index (χ3v) is 4.83. The second-order valence-corrected chi connectivity index (χ2v) is 6.28. The van der Waals surface area contributed by atoms with Crippen LogP contribution in [0.5, 0.6) is 0 Å². The van der Waals surface area contributed by atoms with E-state index in [1.165, 1.54) is 11.1 Å². The van der Waals surface area contributed by atoms with Crippen LogP contribution in [0.4, 0.5) is 0 Å². The maximum Gasteiger partial charge on any atom is 0.236 e. The van der Waals surface area contributed by atoms with E-state index in [0.717, 1.165) is 39.1 Å². The van der Waals surface area contributed by atoms with Crippen molar-refractivity contribution in [3.05, 3.63) is 35.4 Å². The minimum Gasteiger partial charge on any atom is -0.378 e. The first kappa shape index (κ1) is 19.2. The highest BCUT2D eigenvalue weighted by Gasteiger charge is 2.27. The average Bonchev–Trinajstić information content (AvgIpc) is 2.63. The van der Waals surface area contributed by atoms with Crippen molar-refractivity contribution in [2.75, 3.05) is 52.5 Å². The number of hydrogen-bond acceptors (Lipinski definition) is 4. The average molecular weight is 354 g/mol. The molecule has 3 rings (SSSR count). The number of amides is 1. The zero-order chi connectivity index (χ0) is 16.1. The van der Waals surface area contributed by atoms with Crippen molar-refractivity contribution in [1.29, 1.82) is 0 Å². The van der Waals surface area contributed by atoms with Crippen molar-refractivity contribution in [2.45, 2.75) is 19.4 Å². The van der Waals surface area contributed by atoms with Gasteiger partial charge in [-0.15, -0.1) is 12.4 Å². The lowest BCUT2D eigenvalue weighted by Gasteiger charge is -2.37. The SMILES string of the molecule is CCc1ccc(C2CNCCN2CC(=O)N2CCOCC2)cc1.Cl. The first-order valence-electron chi connectivity index (χ1n) is 8.67. The van der Waals surface area contributed by atoms with Gasteiger partial charge in [-0.2, -0.15) is 0 Å². The minimum atomic E-state index is 0. The summed E-state index contributed by atoms with van der Waals surface area (Å²) < 4.78 is 5.33. The van der Waals surface area contributed by atoms with Crippen LogP contribution in [0.2, 0.25) is 0 Å². The molecule has 1 aromatic carbocycles. The smallest absolute Gasteiger partial charge is 0.236 e. The maximum absolute atomic E-state index is 12.6. The van der Waals surface area contributed by atoms with Gasteiger partial charge in [0.15, 0.2) is 0 Å². The summed E-state index contributed by atoms with van der Waals surface area (Å²) in [5, 5.41) is 3.46. The molecular formula is C18H28ClN3O2. The highest BCUT2D eigenvalue weighted by Crippen LogP contribution is 2.23. The first-order valence-corrected chi connectivity index (χ1v) is 8.67. The van der Waals surface area contributed by atoms with Crippen molar-refractivity contribution in [3.63, 3.8) is 0 Å². The van der Waals surface area contributed by atoms with E-state index in [1.54, 1.807) is 0 Å². The van der Waals surface area contributed by atoms with Gasteiger partial charge < -0.3 is 15.0 Å². The minimum absolute atomic E-state index is 0. The van der Waals surface area contributed by atoms with E-state index in [9.17, 15) is 4.79 Å². The van der Waals surface area contributed by atoms with Crippen LogP contribution in [0.3, 0.4) is 0 Å². The molecule has 24 heavy (non-hydrogen) atoms. The number of carbonyl (C=O) groups is 1. The van der Waals surface area contributed by atoms with E-state index >= 15 is 0 Å². The summed E-state index contributed by atoms with van der Waals surface area (Å²) in [5.74, 6) is 0.227. The predicted molar refractivity (Wildman–Crippen MR) is 97.7 cm³/mol. The number of nitrogens with zero attached hydrogens (tertiary/aromatic N) is 2. The molecule has 1 aromatic rings. The van der Waals surface area contributed by atoms with E-state index in [4.69, 9.17) is 4.74 Å². The summed E-state index contributed by atoms with van der Waals surface area (Å²) in [7, 11) is 0. The van der Waals surface area contributed by atoms with Crippen LogP contribution in [0.15, 0.2) is 24.3 Å². The molecule has 0 saturated carbocycles. The number of ether oxygens (including phenoxy) is 1. The monoisotopic (exact) mass is 353 g/mol. The van der Waals surface area contributed by atoms with Gasteiger partial charge in [-0.1, -0.05) is 31.2 Å². The fraction of sp³-hybridized carbons (Fsp3) is 0.611. The van der Waals surface area contributed by atoms with Crippen LogP contribution in [-0.2, 0) is 16.0 Å². The number of piperazine rings is 1. The van der Waals surface area contributed by atoms with E-state index in [0.29, 0.717) is 19.8 Å². The highest BCUT2D eigenvalue weighted by molar-refractivity contribution is 5.85. The summed E-state index contributed by atoms with van der Waals surface area (Å²) in [6.45, 7) is 8.20. The fourth-order valence-corrected chi connectivity index (χ4v) is 3.33. The van der Waals surface area contributed by atoms with Crippen LogP contribution in [0, 0.1) is 0 Å². The van der Waals surface area contributed by atoms with E-state index in [1.807, 2.05) is 4.90 Å². The fourth-order valence-electron chi connectivity index (χ4n) is 3.33. The zero-order valence-corrected chi connectivity index (χ0v) is 15.2. The van der Waals surface area contributed by atoms with Gasteiger partial charge >= 0.3 is 0 Å². The largest absolute Gasteiger partial charge is 0.378 e. The number of halogens is 1. The van der Waals surface area contributed by atoms with E-state index < -0.39 is 0 Å². The maximum atomic E-state index is 12.6. The topological polar surface area (TPSA) is 44.8 Å². The van der Waals surface area contributed by atoms with Crippen molar-refractivity contribution < 1.29 is 9.53 Å². The molecule has 0 spiro atoms. The summed E-state index contributed by atoms with van der Waals surface area (Å²) in [5.41, 5.74) is 2.65. The molecule has 5 nitrogen and oxygen atoms in total. The normalized spacial score (nSPS) is 22.0. The molecule has 2 aliphatic rings. The number of morpholine rings is 1. The molecule has 0 aromatic heterocycles. The summed E-state index contributed by atoms with van der Waals surface area (Å²) in [6.07, 6.45) is 1.06. The molecule has 1 N–H and O–H groups in total. The Morgan fingerprint density at radius 3 is 2.58 bits per heavy atom. The number of aryl methyl sites for hydroxylation is 1. The molecule has 6 heteroatoms. The van der Waals surface area contributed by atoms with Gasteiger partial charge in [0, 0.05) is 38.8 Å².